The van der Waals surface area contributed by atoms with E-state index in [1.807, 2.05) is 26.8 Å². The molecule has 0 N–H and O–H groups in total. The standard InChI is InChI=1S/C32H41N2O2Si/c1-19-12-13-21-22-14-15-24-27(33-30(35-24)32(5,6)7)29(22)36-28(21)26(19)23-16-20(17-31(2,3)4)25(18-34(23)8)37(9,10)11/h12-16,18H,17H2,1-11H3/q+1/i17D2. The minimum Gasteiger partial charge on any atom is -0.453 e. The number of oxazole rings is 1. The van der Waals surface area contributed by atoms with Crippen molar-refractivity contribution in [3.8, 4) is 11.3 Å². The molecule has 5 aromatic rings. The zero-order valence-electron chi connectivity index (χ0n) is 26.2. The first-order valence-electron chi connectivity index (χ1n) is 14.1. The van der Waals surface area contributed by atoms with Crippen LogP contribution in [0.1, 0.15) is 61.3 Å². The van der Waals surface area contributed by atoms with Crippen LogP contribution >= 0.6 is 0 Å². The highest BCUT2D eigenvalue weighted by Gasteiger charge is 2.30. The Labute approximate surface area is 224 Å². The summed E-state index contributed by atoms with van der Waals surface area (Å²) in [5.74, 6) is 0.684. The minimum absolute atomic E-state index is 0.215. The highest BCUT2D eigenvalue weighted by molar-refractivity contribution is 6.89. The van der Waals surface area contributed by atoms with Crippen LogP contribution < -0.4 is 9.75 Å². The summed E-state index contributed by atoms with van der Waals surface area (Å²) in [5.41, 5.74) is 5.96. The Kier molecular flexibility index (Phi) is 5.20. The van der Waals surface area contributed by atoms with Crippen molar-refractivity contribution in [1.29, 1.82) is 0 Å². The van der Waals surface area contributed by atoms with Crippen molar-refractivity contribution in [2.45, 2.75) is 79.9 Å². The third kappa shape index (κ3) is 4.52. The van der Waals surface area contributed by atoms with E-state index < -0.39 is 19.9 Å². The molecule has 4 nitrogen and oxygen atoms in total. The molecule has 0 spiro atoms. The van der Waals surface area contributed by atoms with Crippen molar-refractivity contribution in [1.82, 2.24) is 4.98 Å². The Morgan fingerprint density at radius 2 is 1.59 bits per heavy atom. The van der Waals surface area contributed by atoms with Gasteiger partial charge >= 0.3 is 0 Å². The van der Waals surface area contributed by atoms with Crippen LogP contribution in [0.4, 0.5) is 0 Å². The first-order valence-corrected chi connectivity index (χ1v) is 16.6. The molecule has 3 aromatic heterocycles. The molecule has 5 rings (SSSR count). The smallest absolute Gasteiger partial charge is 0.216 e. The van der Waals surface area contributed by atoms with Crippen molar-refractivity contribution >= 4 is 46.3 Å². The number of nitrogens with zero attached hydrogens (tertiary/aromatic N) is 2. The van der Waals surface area contributed by atoms with Gasteiger partial charge in [0.1, 0.15) is 12.6 Å². The van der Waals surface area contributed by atoms with E-state index >= 15 is 0 Å². The van der Waals surface area contributed by atoms with Crippen molar-refractivity contribution in [2.75, 3.05) is 0 Å². The first-order chi connectivity index (χ1) is 17.8. The molecule has 0 atom stereocenters. The number of furan rings is 1. The lowest BCUT2D eigenvalue weighted by atomic mass is 9.87. The highest BCUT2D eigenvalue weighted by Crippen LogP contribution is 2.40. The fourth-order valence-electron chi connectivity index (χ4n) is 5.03. The van der Waals surface area contributed by atoms with Crippen molar-refractivity contribution in [3.63, 3.8) is 0 Å². The fraction of sp³-hybridized carbons (Fsp3) is 0.438. The van der Waals surface area contributed by atoms with E-state index in [2.05, 4.69) is 89.4 Å². The van der Waals surface area contributed by atoms with E-state index in [0.29, 0.717) is 5.89 Å². The van der Waals surface area contributed by atoms with Crippen LogP contribution in [0.25, 0.3) is 44.3 Å². The molecule has 194 valence electrons. The number of hydrogen-bond donors (Lipinski definition) is 0. The fourth-order valence-corrected chi connectivity index (χ4v) is 6.55. The van der Waals surface area contributed by atoms with Crippen LogP contribution in [0.15, 0.2) is 45.4 Å². The van der Waals surface area contributed by atoms with Gasteiger partial charge in [-0.1, -0.05) is 73.3 Å². The number of pyridine rings is 1. The number of aromatic nitrogens is 2. The van der Waals surface area contributed by atoms with E-state index in [0.717, 1.165) is 60.6 Å². The van der Waals surface area contributed by atoms with Gasteiger partial charge in [0.15, 0.2) is 22.9 Å². The molecular weight excluding hydrogens is 472 g/mol. The average Bonchev–Trinajstić information content (AvgIpc) is 3.39. The number of aryl methyl sites for hydroxylation is 2. The summed E-state index contributed by atoms with van der Waals surface area (Å²) in [6.07, 6.45) is 0.643. The van der Waals surface area contributed by atoms with Gasteiger partial charge in [0, 0.05) is 30.2 Å². The molecule has 0 aliphatic heterocycles. The maximum absolute atomic E-state index is 9.25. The van der Waals surface area contributed by atoms with Gasteiger partial charge in [-0.3, -0.25) is 0 Å². The maximum atomic E-state index is 9.25. The maximum Gasteiger partial charge on any atom is 0.216 e. The lowest BCUT2D eigenvalue weighted by molar-refractivity contribution is -0.659. The van der Waals surface area contributed by atoms with E-state index in [1.165, 1.54) is 0 Å². The van der Waals surface area contributed by atoms with Gasteiger partial charge in [0.2, 0.25) is 11.6 Å². The molecule has 0 bridgehead atoms. The first kappa shape index (κ1) is 23.2. The molecule has 0 saturated carbocycles. The van der Waals surface area contributed by atoms with E-state index in [-0.39, 0.29) is 5.41 Å². The van der Waals surface area contributed by atoms with Crippen LogP contribution in [0, 0.1) is 12.3 Å². The van der Waals surface area contributed by atoms with E-state index in [9.17, 15) is 2.74 Å². The number of fused-ring (bicyclic) bond motifs is 5. The quantitative estimate of drug-likeness (QED) is 0.181. The molecule has 0 aliphatic rings. The van der Waals surface area contributed by atoms with Crippen LogP contribution in [0.2, 0.25) is 19.6 Å². The number of rotatable bonds is 3. The molecule has 0 saturated heterocycles. The molecule has 0 radical (unpaired) electrons. The Balaban J connectivity index is 1.86. The third-order valence-electron chi connectivity index (χ3n) is 6.86. The monoisotopic (exact) mass is 515 g/mol. The largest absolute Gasteiger partial charge is 0.453 e. The Bertz CT molecular complexity index is 1760. The Morgan fingerprint density at radius 1 is 0.946 bits per heavy atom. The summed E-state index contributed by atoms with van der Waals surface area (Å²) in [5, 5.41) is 3.16. The zero-order chi connectivity index (χ0) is 28.9. The summed E-state index contributed by atoms with van der Waals surface area (Å²) in [4.78, 5) is 4.85. The van der Waals surface area contributed by atoms with Gasteiger partial charge in [0.25, 0.3) is 0 Å². The van der Waals surface area contributed by atoms with Crippen molar-refractivity contribution in [3.05, 3.63) is 53.5 Å². The summed E-state index contributed by atoms with van der Waals surface area (Å²) >= 11 is 0. The lowest BCUT2D eigenvalue weighted by Crippen LogP contribution is -2.47. The van der Waals surface area contributed by atoms with Gasteiger partial charge in [0.05, 0.1) is 13.6 Å². The van der Waals surface area contributed by atoms with Gasteiger partial charge in [-0.25, -0.2) is 9.55 Å². The average molecular weight is 516 g/mol. The molecule has 2 aromatic carbocycles. The molecule has 0 amide bonds. The summed E-state index contributed by atoms with van der Waals surface area (Å²) < 4.78 is 33.4. The highest BCUT2D eigenvalue weighted by atomic mass is 28.3. The number of hydrogen-bond acceptors (Lipinski definition) is 3. The zero-order valence-corrected chi connectivity index (χ0v) is 25.2. The predicted molar refractivity (Wildman–Crippen MR) is 157 cm³/mol. The molecule has 0 unspecified atom stereocenters. The summed E-state index contributed by atoms with van der Waals surface area (Å²) in [6, 6.07) is 10.4. The molecule has 5 heteroatoms. The minimum atomic E-state index is -1.86. The van der Waals surface area contributed by atoms with Crippen molar-refractivity contribution in [2.24, 2.45) is 12.5 Å². The van der Waals surface area contributed by atoms with Gasteiger partial charge in [-0.2, -0.15) is 0 Å². The van der Waals surface area contributed by atoms with Gasteiger partial charge in [-0.05, 0) is 42.0 Å². The molecule has 37 heavy (non-hydrogen) atoms. The van der Waals surface area contributed by atoms with Crippen molar-refractivity contribution < 1.29 is 16.1 Å². The second kappa shape index (κ2) is 8.29. The lowest BCUT2D eigenvalue weighted by Gasteiger charge is -2.25. The molecule has 3 heterocycles. The summed E-state index contributed by atoms with van der Waals surface area (Å²) in [7, 11) is 0.195. The second-order valence-corrected chi connectivity index (χ2v) is 18.6. The van der Waals surface area contributed by atoms with Gasteiger partial charge < -0.3 is 8.83 Å². The Hall–Kier alpha value is -2.92. The van der Waals surface area contributed by atoms with E-state index in [1.54, 1.807) is 0 Å². The topological polar surface area (TPSA) is 43.1 Å². The SMILES string of the molecule is [2H]C([2H])(c1cc(-c2c(C)ccc3c2oc2c3ccc3oc(C(C)(C)C)nc32)[n+](C)cc1[Si](C)(C)C)C(C)(C)C. The normalized spacial score (nSPS) is 14.6. The van der Waals surface area contributed by atoms with Crippen LogP contribution in [0.5, 0.6) is 0 Å². The van der Waals surface area contributed by atoms with Crippen LogP contribution in [-0.2, 0) is 18.8 Å². The molecule has 0 fully saturated rings. The predicted octanol–water partition coefficient (Wildman–Crippen LogP) is 7.96. The molecule has 0 aliphatic carbocycles. The van der Waals surface area contributed by atoms with Crippen LogP contribution in [-0.4, -0.2) is 13.1 Å². The third-order valence-corrected chi connectivity index (χ3v) is 8.88. The van der Waals surface area contributed by atoms with Crippen LogP contribution in [0.3, 0.4) is 0 Å². The Morgan fingerprint density at radius 3 is 2.22 bits per heavy atom. The molecular formula is C32H41N2O2Si+. The van der Waals surface area contributed by atoms with Gasteiger partial charge in [-0.15, -0.1) is 0 Å². The summed E-state index contributed by atoms with van der Waals surface area (Å²) in [6.45, 7) is 21.2. The second-order valence-electron chi connectivity index (χ2n) is 13.5. The number of benzene rings is 2. The van der Waals surface area contributed by atoms with E-state index in [4.69, 9.17) is 13.8 Å².